The molecule has 3 rings (SSSR count). The number of hydrogen-bond donors (Lipinski definition) is 1. The van der Waals surface area contributed by atoms with Gasteiger partial charge in [-0.05, 0) is 63.8 Å². The standard InChI is InChI=1S/C27H40N6O5S/c1-27(2,3)38-26(37)29(5)12-7-13-32-15-14-31(16-17-39-32)20-8-10-22-23(18-20)30(6)25(36)33(22)21(19-34)9-11-24(35)28-4/h8,10,16-19,21H,7,9,11-15H2,1-6H3,(H,28,35). The summed E-state index contributed by atoms with van der Waals surface area (Å²) in [5.41, 5.74) is 1.51. The van der Waals surface area contributed by atoms with Crippen LogP contribution in [0.1, 0.15) is 46.1 Å². The number of amides is 2. The van der Waals surface area contributed by atoms with E-state index in [9.17, 15) is 19.2 Å². The molecule has 1 unspecified atom stereocenters. The van der Waals surface area contributed by atoms with Crippen molar-refractivity contribution in [3.8, 4) is 0 Å². The minimum Gasteiger partial charge on any atom is -0.444 e. The first kappa shape index (κ1) is 30.3. The van der Waals surface area contributed by atoms with E-state index in [1.165, 1.54) is 4.57 Å². The molecule has 0 aliphatic carbocycles. The highest BCUT2D eigenvalue weighted by atomic mass is 32.2. The number of hydrogen-bond acceptors (Lipinski definition) is 8. The smallest absolute Gasteiger partial charge is 0.410 e. The number of imidazole rings is 1. The van der Waals surface area contributed by atoms with Gasteiger partial charge in [0.15, 0.2) is 0 Å². The Labute approximate surface area is 233 Å². The summed E-state index contributed by atoms with van der Waals surface area (Å²) in [5.74, 6) is -0.174. The number of rotatable bonds is 10. The molecule has 11 nitrogen and oxygen atoms in total. The third kappa shape index (κ3) is 7.89. The van der Waals surface area contributed by atoms with E-state index in [-0.39, 0.29) is 30.5 Å². The zero-order valence-corrected chi connectivity index (χ0v) is 24.5. The number of aldehydes is 1. The van der Waals surface area contributed by atoms with Crippen LogP contribution >= 0.6 is 11.9 Å². The van der Waals surface area contributed by atoms with Crippen molar-refractivity contribution in [2.45, 2.75) is 51.7 Å². The highest BCUT2D eigenvalue weighted by molar-refractivity contribution is 7.99. The Kier molecular flexibility index (Phi) is 10.3. The Morgan fingerprint density at radius 2 is 1.97 bits per heavy atom. The predicted molar refractivity (Wildman–Crippen MR) is 155 cm³/mol. The molecule has 1 aromatic carbocycles. The summed E-state index contributed by atoms with van der Waals surface area (Å²) in [7, 11) is 4.99. The number of carbonyl (C=O) groups excluding carboxylic acids is 3. The van der Waals surface area contributed by atoms with E-state index in [1.807, 2.05) is 50.6 Å². The van der Waals surface area contributed by atoms with Crippen molar-refractivity contribution in [3.05, 3.63) is 40.3 Å². The molecule has 0 radical (unpaired) electrons. The van der Waals surface area contributed by atoms with E-state index < -0.39 is 11.6 Å². The molecule has 0 saturated heterocycles. The molecule has 39 heavy (non-hydrogen) atoms. The Morgan fingerprint density at radius 1 is 1.23 bits per heavy atom. The molecule has 12 heteroatoms. The zero-order chi connectivity index (χ0) is 28.7. The van der Waals surface area contributed by atoms with Crippen molar-refractivity contribution in [1.82, 2.24) is 23.7 Å². The predicted octanol–water partition coefficient (Wildman–Crippen LogP) is 3.10. The normalized spacial score (nSPS) is 15.2. The van der Waals surface area contributed by atoms with Gasteiger partial charge in [-0.1, -0.05) is 0 Å². The lowest BCUT2D eigenvalue weighted by Gasteiger charge is -2.26. The SMILES string of the molecule is CNC(=O)CCC(C=O)n1c(=O)n(C)c2cc(N3C=CSN(CCCN(C)C(=O)OC(C)(C)C)CC3)ccc21. The zero-order valence-electron chi connectivity index (χ0n) is 23.7. The minimum absolute atomic E-state index is 0.158. The van der Waals surface area contributed by atoms with E-state index in [0.717, 1.165) is 43.5 Å². The summed E-state index contributed by atoms with van der Waals surface area (Å²) in [4.78, 5) is 52.5. The summed E-state index contributed by atoms with van der Waals surface area (Å²) >= 11 is 1.63. The third-order valence-corrected chi connectivity index (χ3v) is 7.39. The van der Waals surface area contributed by atoms with Crippen LogP contribution < -0.4 is 15.9 Å². The van der Waals surface area contributed by atoms with Crippen LogP contribution in [0.15, 0.2) is 34.6 Å². The molecule has 1 atom stereocenters. The van der Waals surface area contributed by atoms with Crippen LogP contribution in [-0.2, 0) is 21.4 Å². The molecule has 0 saturated carbocycles. The van der Waals surface area contributed by atoms with Gasteiger partial charge in [-0.3, -0.25) is 13.9 Å². The second-order valence-electron chi connectivity index (χ2n) is 10.6. The summed E-state index contributed by atoms with van der Waals surface area (Å²) in [6, 6.07) is 5.04. The molecule has 2 heterocycles. The summed E-state index contributed by atoms with van der Waals surface area (Å²) in [6.45, 7) is 8.54. The molecule has 0 bridgehead atoms. The number of nitrogens with zero attached hydrogens (tertiary/aromatic N) is 5. The lowest BCUT2D eigenvalue weighted by atomic mass is 10.1. The second-order valence-corrected chi connectivity index (χ2v) is 11.6. The summed E-state index contributed by atoms with van der Waals surface area (Å²) < 4.78 is 10.7. The fourth-order valence-corrected chi connectivity index (χ4v) is 5.14. The topological polar surface area (TPSA) is 109 Å². The van der Waals surface area contributed by atoms with Gasteiger partial charge in [-0.15, -0.1) is 0 Å². The molecule has 0 fully saturated rings. The number of aryl methyl sites for hydroxylation is 1. The van der Waals surface area contributed by atoms with Crippen LogP contribution in [0.4, 0.5) is 10.5 Å². The first-order valence-corrected chi connectivity index (χ1v) is 13.9. The van der Waals surface area contributed by atoms with Crippen molar-refractivity contribution < 1.29 is 19.1 Å². The van der Waals surface area contributed by atoms with Gasteiger partial charge in [0.05, 0.1) is 17.1 Å². The van der Waals surface area contributed by atoms with Crippen LogP contribution in [-0.4, -0.2) is 82.5 Å². The van der Waals surface area contributed by atoms with E-state index in [2.05, 4.69) is 14.5 Å². The number of aromatic nitrogens is 2. The second kappa shape index (κ2) is 13.2. The van der Waals surface area contributed by atoms with Crippen LogP contribution in [0.2, 0.25) is 0 Å². The number of ether oxygens (including phenoxy) is 1. The Hall–Kier alpha value is -3.25. The van der Waals surface area contributed by atoms with Crippen LogP contribution in [0.5, 0.6) is 0 Å². The lowest BCUT2D eigenvalue weighted by Crippen LogP contribution is -2.36. The number of fused-ring (bicyclic) bond motifs is 1. The number of carbonyl (C=O) groups is 3. The van der Waals surface area contributed by atoms with Crippen molar-refractivity contribution in [3.63, 3.8) is 0 Å². The average Bonchev–Trinajstić information content (AvgIpc) is 3.03. The highest BCUT2D eigenvalue weighted by Gasteiger charge is 2.22. The van der Waals surface area contributed by atoms with E-state index in [1.54, 1.807) is 42.6 Å². The Bertz CT molecular complexity index is 1260. The van der Waals surface area contributed by atoms with E-state index >= 15 is 0 Å². The highest BCUT2D eigenvalue weighted by Crippen LogP contribution is 2.27. The maximum atomic E-state index is 13.0. The molecule has 1 N–H and O–H groups in total. The van der Waals surface area contributed by atoms with Gasteiger partial charge in [0, 0.05) is 71.0 Å². The van der Waals surface area contributed by atoms with Crippen molar-refractivity contribution >= 4 is 47.0 Å². The summed E-state index contributed by atoms with van der Waals surface area (Å²) in [5, 5.41) is 4.58. The van der Waals surface area contributed by atoms with Crippen molar-refractivity contribution in [2.75, 3.05) is 45.2 Å². The van der Waals surface area contributed by atoms with Gasteiger partial charge in [-0.25, -0.2) is 13.9 Å². The van der Waals surface area contributed by atoms with Crippen LogP contribution in [0.25, 0.3) is 11.0 Å². The lowest BCUT2D eigenvalue weighted by molar-refractivity contribution is -0.121. The van der Waals surface area contributed by atoms with Gasteiger partial charge in [0.25, 0.3) is 0 Å². The van der Waals surface area contributed by atoms with E-state index in [0.29, 0.717) is 12.1 Å². The maximum absolute atomic E-state index is 13.0. The molecule has 214 valence electrons. The third-order valence-electron chi connectivity index (χ3n) is 6.49. The van der Waals surface area contributed by atoms with Crippen LogP contribution in [0.3, 0.4) is 0 Å². The molecule has 2 amide bonds. The first-order chi connectivity index (χ1) is 18.4. The van der Waals surface area contributed by atoms with Crippen LogP contribution in [0, 0.1) is 0 Å². The van der Waals surface area contributed by atoms with Gasteiger partial charge >= 0.3 is 11.8 Å². The number of benzene rings is 1. The van der Waals surface area contributed by atoms with E-state index in [4.69, 9.17) is 4.74 Å². The molecule has 2 aromatic rings. The molecular weight excluding hydrogens is 520 g/mol. The number of nitrogens with one attached hydrogen (secondary N) is 1. The van der Waals surface area contributed by atoms with Gasteiger partial charge < -0.3 is 24.6 Å². The molecule has 0 spiro atoms. The maximum Gasteiger partial charge on any atom is 0.410 e. The first-order valence-electron chi connectivity index (χ1n) is 13.1. The van der Waals surface area contributed by atoms with Gasteiger partial charge in [0.2, 0.25) is 5.91 Å². The number of anilines is 1. The average molecular weight is 561 g/mol. The Balaban J connectivity index is 1.64. The van der Waals surface area contributed by atoms with Gasteiger partial charge in [0.1, 0.15) is 11.9 Å². The van der Waals surface area contributed by atoms with Gasteiger partial charge in [-0.2, -0.15) is 0 Å². The molecule has 1 aliphatic heterocycles. The largest absolute Gasteiger partial charge is 0.444 e. The van der Waals surface area contributed by atoms with Crippen molar-refractivity contribution in [1.29, 1.82) is 0 Å². The molecule has 1 aliphatic rings. The summed E-state index contributed by atoms with van der Waals surface area (Å²) in [6.07, 6.45) is 3.65. The molecular formula is C27H40N6O5S. The Morgan fingerprint density at radius 3 is 2.64 bits per heavy atom. The fourth-order valence-electron chi connectivity index (χ4n) is 4.34. The molecule has 1 aromatic heterocycles. The monoisotopic (exact) mass is 560 g/mol. The minimum atomic E-state index is -0.721. The fraction of sp³-hybridized carbons (Fsp3) is 0.556. The quantitative estimate of drug-likeness (QED) is 0.349. The van der Waals surface area contributed by atoms with Crippen molar-refractivity contribution in [2.24, 2.45) is 7.05 Å².